The summed E-state index contributed by atoms with van der Waals surface area (Å²) >= 11 is 0. The molecule has 0 radical (unpaired) electrons. The summed E-state index contributed by atoms with van der Waals surface area (Å²) in [7, 11) is -0.177. The number of allylic oxidation sites excluding steroid dienone is 2. The molecule has 3 heterocycles. The van der Waals surface area contributed by atoms with Crippen molar-refractivity contribution in [1.82, 2.24) is 20.0 Å². The van der Waals surface area contributed by atoms with Crippen LogP contribution >= 0.6 is 0 Å². The first-order chi connectivity index (χ1) is 19.7. The van der Waals surface area contributed by atoms with E-state index >= 15 is 0 Å². The SMILES string of the molecule is CCS(=O)Nc1ccc(-n2cc(-c3nc(C4=CCC(F)(F)CC4)ccc3F)nn2)c(N2CCC3(CC2)CC3)c1.CO. The van der Waals surface area contributed by atoms with Crippen molar-refractivity contribution in [1.29, 1.82) is 0 Å². The molecule has 3 aliphatic rings. The largest absolute Gasteiger partial charge is 0.400 e. The molecule has 41 heavy (non-hydrogen) atoms. The van der Waals surface area contributed by atoms with E-state index in [1.807, 2.05) is 25.1 Å². The van der Waals surface area contributed by atoms with Crippen molar-refractivity contribution in [2.75, 3.05) is 35.6 Å². The van der Waals surface area contributed by atoms with Crippen molar-refractivity contribution in [3.8, 4) is 17.1 Å². The van der Waals surface area contributed by atoms with E-state index in [1.165, 1.54) is 31.1 Å². The molecule has 1 unspecified atom stereocenters. The third-order valence-corrected chi connectivity index (χ3v) is 9.14. The lowest BCUT2D eigenvalue weighted by atomic mass is 9.93. The van der Waals surface area contributed by atoms with Gasteiger partial charge in [0.25, 0.3) is 5.92 Å². The number of hydrogen-bond donors (Lipinski definition) is 2. The molecule has 3 aromatic rings. The number of pyridine rings is 1. The van der Waals surface area contributed by atoms with Crippen LogP contribution in [-0.2, 0) is 11.0 Å². The van der Waals surface area contributed by atoms with E-state index in [9.17, 15) is 17.4 Å². The maximum Gasteiger partial charge on any atom is 0.251 e. The van der Waals surface area contributed by atoms with Crippen LogP contribution in [0.2, 0.25) is 0 Å². The maximum absolute atomic E-state index is 14.9. The fourth-order valence-corrected chi connectivity index (χ4v) is 5.99. The van der Waals surface area contributed by atoms with Gasteiger partial charge in [-0.05, 0) is 73.4 Å². The Bertz CT molecular complexity index is 1450. The van der Waals surface area contributed by atoms with Crippen LogP contribution in [0.25, 0.3) is 22.6 Å². The molecule has 8 nitrogen and oxygen atoms in total. The molecule has 2 aromatic heterocycles. The minimum atomic E-state index is -2.71. The molecule has 12 heteroatoms. The zero-order valence-corrected chi connectivity index (χ0v) is 24.1. The molecule has 0 bridgehead atoms. The molecule has 1 saturated carbocycles. The van der Waals surface area contributed by atoms with Crippen LogP contribution in [0.15, 0.2) is 42.6 Å². The number of aliphatic hydroxyl groups excluding tert-OH is 1. The molecule has 2 N–H and O–H groups in total. The van der Waals surface area contributed by atoms with Gasteiger partial charge in [-0.1, -0.05) is 18.2 Å². The summed E-state index contributed by atoms with van der Waals surface area (Å²) in [5.74, 6) is -2.77. The highest BCUT2D eigenvalue weighted by molar-refractivity contribution is 7.86. The molecule has 0 amide bonds. The number of nitrogens with zero attached hydrogens (tertiary/aromatic N) is 5. The van der Waals surface area contributed by atoms with E-state index in [4.69, 9.17) is 5.11 Å². The van der Waals surface area contributed by atoms with Crippen LogP contribution in [0.3, 0.4) is 0 Å². The maximum atomic E-state index is 14.9. The number of halogens is 3. The number of aromatic nitrogens is 4. The Morgan fingerprint density at radius 3 is 2.44 bits per heavy atom. The summed E-state index contributed by atoms with van der Waals surface area (Å²) in [6, 6.07) is 8.56. The third kappa shape index (κ3) is 6.48. The topological polar surface area (TPSA) is 96.2 Å². The first-order valence-corrected chi connectivity index (χ1v) is 15.2. The Morgan fingerprint density at radius 2 is 1.78 bits per heavy atom. The first-order valence-electron chi connectivity index (χ1n) is 13.9. The molecule has 220 valence electrons. The summed E-state index contributed by atoms with van der Waals surface area (Å²) < 4.78 is 58.9. The lowest BCUT2D eigenvalue weighted by Crippen LogP contribution is -2.35. The smallest absolute Gasteiger partial charge is 0.251 e. The van der Waals surface area contributed by atoms with Crippen LogP contribution in [0.5, 0.6) is 0 Å². The monoisotopic (exact) mass is 588 g/mol. The molecule has 1 atom stereocenters. The number of piperidine rings is 1. The van der Waals surface area contributed by atoms with Gasteiger partial charge in [0.1, 0.15) is 22.4 Å². The van der Waals surface area contributed by atoms with Crippen LogP contribution in [-0.4, -0.2) is 61.2 Å². The number of hydrogen-bond acceptors (Lipinski definition) is 6. The van der Waals surface area contributed by atoms with Gasteiger partial charge in [0.15, 0.2) is 5.82 Å². The number of alkyl halides is 2. The van der Waals surface area contributed by atoms with E-state index in [0.29, 0.717) is 22.4 Å². The van der Waals surface area contributed by atoms with Gasteiger partial charge in [0, 0.05) is 44.5 Å². The Balaban J connectivity index is 0.00000165. The summed E-state index contributed by atoms with van der Waals surface area (Å²) in [4.78, 5) is 6.78. The van der Waals surface area contributed by atoms with Gasteiger partial charge in [-0.15, -0.1) is 5.10 Å². The summed E-state index contributed by atoms with van der Waals surface area (Å²) in [6.45, 7) is 3.69. The molecule has 1 aromatic carbocycles. The quantitative estimate of drug-likeness (QED) is 0.365. The zero-order chi connectivity index (χ0) is 29.2. The number of rotatable bonds is 7. The van der Waals surface area contributed by atoms with Gasteiger partial charge < -0.3 is 14.7 Å². The molecule has 6 rings (SSSR count). The van der Waals surface area contributed by atoms with E-state index in [1.54, 1.807) is 10.9 Å². The first kappa shape index (κ1) is 29.2. The molecule has 1 aliphatic heterocycles. The average Bonchev–Trinajstić information content (AvgIpc) is 3.55. The van der Waals surface area contributed by atoms with Crippen molar-refractivity contribution >= 4 is 27.9 Å². The third-order valence-electron chi connectivity index (χ3n) is 8.16. The van der Waals surface area contributed by atoms with E-state index in [2.05, 4.69) is 24.9 Å². The fourth-order valence-electron chi connectivity index (χ4n) is 5.45. The van der Waals surface area contributed by atoms with Crippen LogP contribution in [0.1, 0.15) is 57.6 Å². The van der Waals surface area contributed by atoms with Crippen molar-refractivity contribution in [3.63, 3.8) is 0 Å². The van der Waals surface area contributed by atoms with Gasteiger partial charge in [-0.2, -0.15) is 0 Å². The number of anilines is 2. The zero-order valence-electron chi connectivity index (χ0n) is 23.2. The Hall–Kier alpha value is -3.25. The molecule has 1 saturated heterocycles. The van der Waals surface area contributed by atoms with Gasteiger partial charge in [-0.3, -0.25) is 0 Å². The average molecular weight is 589 g/mol. The predicted molar refractivity (Wildman–Crippen MR) is 155 cm³/mol. The predicted octanol–water partition coefficient (Wildman–Crippen LogP) is 5.76. The lowest BCUT2D eigenvalue weighted by molar-refractivity contribution is -0.00605. The molecule has 2 aliphatic carbocycles. The second-order valence-corrected chi connectivity index (χ2v) is 12.3. The lowest BCUT2D eigenvalue weighted by Gasteiger charge is -2.35. The Morgan fingerprint density at radius 1 is 1.02 bits per heavy atom. The molecular weight excluding hydrogens is 553 g/mol. The van der Waals surface area contributed by atoms with Crippen molar-refractivity contribution < 1.29 is 22.5 Å². The summed E-state index contributed by atoms with van der Waals surface area (Å²) in [6.07, 6.45) is 7.59. The summed E-state index contributed by atoms with van der Waals surface area (Å²) in [5, 5.41) is 15.5. The Labute approximate surface area is 240 Å². The minimum absolute atomic E-state index is 0.0313. The van der Waals surface area contributed by atoms with Crippen LogP contribution in [0, 0.1) is 11.2 Å². The number of benzene rings is 1. The summed E-state index contributed by atoms with van der Waals surface area (Å²) in [5.41, 5.74) is 4.43. The van der Waals surface area contributed by atoms with Gasteiger partial charge >= 0.3 is 0 Å². The van der Waals surface area contributed by atoms with Gasteiger partial charge in [-0.25, -0.2) is 27.0 Å². The number of nitrogens with one attached hydrogen (secondary N) is 1. The highest BCUT2D eigenvalue weighted by atomic mass is 32.2. The minimum Gasteiger partial charge on any atom is -0.400 e. The van der Waals surface area contributed by atoms with Gasteiger partial charge in [0.2, 0.25) is 0 Å². The van der Waals surface area contributed by atoms with E-state index < -0.39 is 22.7 Å². The Kier molecular flexibility index (Phi) is 8.51. The van der Waals surface area contributed by atoms with E-state index in [0.717, 1.165) is 50.1 Å². The van der Waals surface area contributed by atoms with Crippen molar-refractivity contribution in [2.24, 2.45) is 5.41 Å². The van der Waals surface area contributed by atoms with Crippen LogP contribution < -0.4 is 9.62 Å². The van der Waals surface area contributed by atoms with Crippen LogP contribution in [0.4, 0.5) is 24.5 Å². The number of aliphatic hydroxyl groups is 1. The second kappa shape index (κ2) is 11.9. The molecule has 2 fully saturated rings. The van der Waals surface area contributed by atoms with Gasteiger partial charge in [0.05, 0.1) is 23.3 Å². The highest BCUT2D eigenvalue weighted by Crippen LogP contribution is 2.54. The van der Waals surface area contributed by atoms with Crippen molar-refractivity contribution in [2.45, 2.75) is 57.8 Å². The molecule has 1 spiro atoms. The normalized spacial score (nSPS) is 19.7. The fraction of sp³-hybridized carbons (Fsp3) is 0.483. The second-order valence-electron chi connectivity index (χ2n) is 10.8. The highest BCUT2D eigenvalue weighted by Gasteiger charge is 2.44. The standard InChI is InChI=1S/C28H31F3N6OS.CH4O/c1-2-39(38)34-20-3-6-24(25(17-20)36-15-13-27(11-12-27)14-16-36)37-18-23(33-35-37)26-21(29)4-5-22(32-26)19-7-9-28(30,31)10-8-19;1-2/h3-7,17-18,34H,2,8-16H2,1H3;2H,1H3. The molecular formula is C29H35F3N6O2S. The van der Waals surface area contributed by atoms with Crippen molar-refractivity contribution in [3.05, 3.63) is 54.1 Å². The van der Waals surface area contributed by atoms with E-state index in [-0.39, 0.29) is 30.7 Å².